The van der Waals surface area contributed by atoms with Gasteiger partial charge in [0.25, 0.3) is 0 Å². The average molecular weight is 454 g/mol. The molecule has 1 aliphatic heterocycles. The molecule has 1 amide bonds. The number of para-hydroxylation sites is 1. The van der Waals surface area contributed by atoms with E-state index in [2.05, 4.69) is 32.2 Å². The summed E-state index contributed by atoms with van der Waals surface area (Å²) in [6.07, 6.45) is -2.21. The van der Waals surface area contributed by atoms with Crippen LogP contribution in [0.5, 0.6) is 0 Å². The van der Waals surface area contributed by atoms with Crippen molar-refractivity contribution in [2.24, 2.45) is 7.05 Å². The number of carbonyl (C=O) groups is 1. The van der Waals surface area contributed by atoms with Crippen molar-refractivity contribution in [3.05, 3.63) is 48.5 Å². The van der Waals surface area contributed by atoms with E-state index < -0.39 is 29.9 Å². The summed E-state index contributed by atoms with van der Waals surface area (Å²) in [6, 6.07) is 10.3. The number of rotatable bonds is 9. The van der Waals surface area contributed by atoms with Crippen LogP contribution < -0.4 is 10.2 Å². The minimum Gasteiger partial charge on any atom is -0.374 e. The molecule has 10 heteroatoms. The van der Waals surface area contributed by atoms with Crippen LogP contribution in [-0.4, -0.2) is 70.9 Å². The first-order chi connectivity index (χ1) is 15.2. The van der Waals surface area contributed by atoms with Gasteiger partial charge in [0, 0.05) is 57.9 Å². The highest BCUT2D eigenvalue weighted by Gasteiger charge is 2.58. The van der Waals surface area contributed by atoms with E-state index in [0.29, 0.717) is 6.42 Å². The Balaban J connectivity index is 1.37. The number of aliphatic hydroxyl groups is 1. The Morgan fingerprint density at radius 2 is 1.81 bits per heavy atom. The van der Waals surface area contributed by atoms with E-state index in [1.807, 2.05) is 18.2 Å². The second-order valence-corrected chi connectivity index (χ2v) is 8.12. The van der Waals surface area contributed by atoms with Crippen LogP contribution >= 0.6 is 0 Å². The zero-order valence-corrected chi connectivity index (χ0v) is 18.2. The second-order valence-electron chi connectivity index (χ2n) is 8.12. The normalized spacial score (nSPS) is 17.2. The van der Waals surface area contributed by atoms with E-state index in [1.54, 1.807) is 0 Å². The molecule has 0 spiro atoms. The van der Waals surface area contributed by atoms with Gasteiger partial charge in [0.05, 0.1) is 6.42 Å². The fraction of sp³-hybridized carbons (Fsp3) is 0.545. The molecule has 1 atom stereocenters. The number of hydrogen-bond donors (Lipinski definition) is 2. The van der Waals surface area contributed by atoms with Crippen molar-refractivity contribution in [1.82, 2.24) is 19.8 Å². The maximum atomic E-state index is 13.5. The van der Waals surface area contributed by atoms with E-state index >= 15 is 0 Å². The number of benzene rings is 1. The van der Waals surface area contributed by atoms with E-state index in [4.69, 9.17) is 0 Å². The van der Waals surface area contributed by atoms with Crippen molar-refractivity contribution in [2.75, 3.05) is 44.2 Å². The molecule has 1 saturated heterocycles. The molecule has 1 fully saturated rings. The average Bonchev–Trinajstić information content (AvgIpc) is 3.20. The molecule has 1 unspecified atom stereocenters. The summed E-state index contributed by atoms with van der Waals surface area (Å²) in [7, 11) is 1.34. The largest absolute Gasteiger partial charge is 0.425 e. The monoisotopic (exact) mass is 453 g/mol. The number of nitrogens with zero attached hydrogens (tertiary/aromatic N) is 4. The minimum absolute atomic E-state index is 0.261. The van der Waals surface area contributed by atoms with Crippen molar-refractivity contribution < 1.29 is 23.1 Å². The number of alkyl halides is 3. The molecular weight excluding hydrogens is 423 g/mol. The molecule has 1 aromatic carbocycles. The summed E-state index contributed by atoms with van der Waals surface area (Å²) in [5.74, 6) is -1.46. The first kappa shape index (κ1) is 24.1. The maximum absolute atomic E-state index is 13.5. The lowest BCUT2D eigenvalue weighted by Gasteiger charge is -2.36. The highest BCUT2D eigenvalue weighted by molar-refractivity contribution is 5.77. The van der Waals surface area contributed by atoms with Gasteiger partial charge in [0.2, 0.25) is 11.5 Å². The van der Waals surface area contributed by atoms with Gasteiger partial charge < -0.3 is 19.9 Å². The van der Waals surface area contributed by atoms with Gasteiger partial charge >= 0.3 is 6.18 Å². The number of aryl methyl sites for hydroxylation is 1. The van der Waals surface area contributed by atoms with E-state index in [9.17, 15) is 23.1 Å². The predicted octanol–water partition coefficient (Wildman–Crippen LogP) is 2.28. The number of anilines is 1. The molecule has 1 aromatic heterocycles. The van der Waals surface area contributed by atoms with Gasteiger partial charge in [-0.25, -0.2) is 4.98 Å². The van der Waals surface area contributed by atoms with E-state index in [1.165, 1.54) is 18.9 Å². The van der Waals surface area contributed by atoms with Gasteiger partial charge in [-0.15, -0.1) is 0 Å². The number of halogens is 3. The molecular formula is C22H30F3N5O2. The molecule has 32 heavy (non-hydrogen) atoms. The Morgan fingerprint density at radius 3 is 2.41 bits per heavy atom. The third-order valence-electron chi connectivity index (χ3n) is 5.79. The SMILES string of the molecule is Cn1ccnc1C(O)(CC(=O)NCCCCN1CCN(c2ccccc2)CC1)C(F)(F)F. The van der Waals surface area contributed by atoms with Gasteiger partial charge in [0.1, 0.15) is 0 Å². The summed E-state index contributed by atoms with van der Waals surface area (Å²) < 4.78 is 41.6. The van der Waals surface area contributed by atoms with Crippen LogP contribution in [0.4, 0.5) is 18.9 Å². The van der Waals surface area contributed by atoms with Crippen LogP contribution in [0.3, 0.4) is 0 Å². The fourth-order valence-corrected chi connectivity index (χ4v) is 3.92. The number of hydrogen-bond acceptors (Lipinski definition) is 5. The van der Waals surface area contributed by atoms with Crippen molar-refractivity contribution in [3.63, 3.8) is 0 Å². The fourth-order valence-electron chi connectivity index (χ4n) is 3.92. The topological polar surface area (TPSA) is 73.6 Å². The summed E-state index contributed by atoms with van der Waals surface area (Å²) in [5, 5.41) is 12.8. The Kier molecular flexibility index (Phi) is 7.78. The van der Waals surface area contributed by atoms with Crippen LogP contribution in [0.25, 0.3) is 0 Å². The molecule has 2 heterocycles. The predicted molar refractivity (Wildman–Crippen MR) is 115 cm³/mol. The molecule has 7 nitrogen and oxygen atoms in total. The Bertz CT molecular complexity index is 866. The van der Waals surface area contributed by atoms with Crippen LogP contribution in [0.15, 0.2) is 42.7 Å². The highest BCUT2D eigenvalue weighted by Crippen LogP contribution is 2.40. The molecule has 0 saturated carbocycles. The van der Waals surface area contributed by atoms with Gasteiger partial charge in [-0.2, -0.15) is 13.2 Å². The number of imidazole rings is 1. The lowest BCUT2D eigenvalue weighted by Crippen LogP contribution is -2.48. The quantitative estimate of drug-likeness (QED) is 0.570. The summed E-state index contributed by atoms with van der Waals surface area (Å²) in [6.45, 7) is 4.93. The van der Waals surface area contributed by atoms with Gasteiger partial charge in [-0.3, -0.25) is 9.69 Å². The zero-order valence-electron chi connectivity index (χ0n) is 18.2. The number of carbonyl (C=O) groups excluding carboxylic acids is 1. The van der Waals surface area contributed by atoms with E-state index in [-0.39, 0.29) is 6.54 Å². The Hall–Kier alpha value is -2.59. The Labute approximate surface area is 185 Å². The molecule has 1 aliphatic rings. The first-order valence-corrected chi connectivity index (χ1v) is 10.8. The first-order valence-electron chi connectivity index (χ1n) is 10.8. The molecule has 176 valence electrons. The molecule has 2 aromatic rings. The zero-order chi connectivity index (χ0) is 23.2. The van der Waals surface area contributed by atoms with Gasteiger partial charge in [0.15, 0.2) is 5.82 Å². The molecule has 0 radical (unpaired) electrons. The minimum atomic E-state index is -5.02. The number of nitrogens with one attached hydrogen (secondary N) is 1. The molecule has 3 rings (SSSR count). The van der Waals surface area contributed by atoms with Gasteiger partial charge in [-0.1, -0.05) is 18.2 Å². The van der Waals surface area contributed by atoms with Gasteiger partial charge in [-0.05, 0) is 31.5 Å². The van der Waals surface area contributed by atoms with Crippen molar-refractivity contribution >= 4 is 11.6 Å². The summed E-state index contributed by atoms with van der Waals surface area (Å²) >= 11 is 0. The number of unbranched alkanes of at least 4 members (excludes halogenated alkanes) is 1. The third kappa shape index (κ3) is 5.80. The van der Waals surface area contributed by atoms with Crippen LogP contribution in [0, 0.1) is 0 Å². The smallest absolute Gasteiger partial charge is 0.374 e. The van der Waals surface area contributed by atoms with Crippen molar-refractivity contribution in [1.29, 1.82) is 0 Å². The standard InChI is InChI=1S/C22H30F3N5O2/c1-28-12-10-27-20(28)21(32,22(23,24)25)17-19(31)26-9-5-6-11-29-13-15-30(16-14-29)18-7-3-2-4-8-18/h2-4,7-8,10,12,32H,5-6,9,11,13-17H2,1H3,(H,26,31). The number of piperazine rings is 1. The van der Waals surface area contributed by atoms with E-state index in [0.717, 1.165) is 49.9 Å². The van der Waals surface area contributed by atoms with Crippen LogP contribution in [0.2, 0.25) is 0 Å². The number of amides is 1. The number of aromatic nitrogens is 2. The summed E-state index contributed by atoms with van der Waals surface area (Å²) in [5.41, 5.74) is -2.10. The highest BCUT2D eigenvalue weighted by atomic mass is 19.4. The molecule has 0 bridgehead atoms. The molecule has 0 aliphatic carbocycles. The molecule has 2 N–H and O–H groups in total. The Morgan fingerprint density at radius 1 is 1.12 bits per heavy atom. The lowest BCUT2D eigenvalue weighted by molar-refractivity contribution is -0.271. The third-order valence-corrected chi connectivity index (χ3v) is 5.79. The maximum Gasteiger partial charge on any atom is 0.425 e. The van der Waals surface area contributed by atoms with Crippen molar-refractivity contribution in [2.45, 2.75) is 31.0 Å². The lowest BCUT2D eigenvalue weighted by atomic mass is 9.97. The van der Waals surface area contributed by atoms with Crippen molar-refractivity contribution in [3.8, 4) is 0 Å². The second kappa shape index (κ2) is 10.4. The van der Waals surface area contributed by atoms with Crippen LogP contribution in [-0.2, 0) is 17.4 Å². The summed E-state index contributed by atoms with van der Waals surface area (Å²) in [4.78, 5) is 20.4. The van der Waals surface area contributed by atoms with Crippen LogP contribution in [0.1, 0.15) is 25.1 Å².